The van der Waals surface area contributed by atoms with Crippen molar-refractivity contribution in [1.29, 1.82) is 0 Å². The smallest absolute Gasteiger partial charge is 0.221 e. The van der Waals surface area contributed by atoms with Gasteiger partial charge >= 0.3 is 0 Å². The van der Waals surface area contributed by atoms with E-state index in [4.69, 9.17) is 9.84 Å². The van der Waals surface area contributed by atoms with E-state index in [1.54, 1.807) is 18.5 Å². The van der Waals surface area contributed by atoms with Crippen molar-refractivity contribution in [2.24, 2.45) is 0 Å². The van der Waals surface area contributed by atoms with Crippen LogP contribution in [0.2, 0.25) is 0 Å². The molecule has 0 bridgehead atoms. The predicted octanol–water partition coefficient (Wildman–Crippen LogP) is 3.75. The molecule has 0 spiro atoms. The summed E-state index contributed by atoms with van der Waals surface area (Å²) in [5.41, 5.74) is 3.64. The van der Waals surface area contributed by atoms with Crippen molar-refractivity contribution >= 4 is 11.0 Å². The van der Waals surface area contributed by atoms with Gasteiger partial charge < -0.3 is 4.74 Å². The molecule has 1 N–H and O–H groups in total. The number of fused-ring (bicyclic) bond motifs is 2. The third kappa shape index (κ3) is 2.48. The van der Waals surface area contributed by atoms with E-state index in [-0.39, 0.29) is 18.0 Å². The lowest BCUT2D eigenvalue weighted by Crippen LogP contribution is -2.26. The second-order valence-corrected chi connectivity index (χ2v) is 6.84. The molecule has 136 valence electrons. The second kappa shape index (κ2) is 5.87. The molecule has 5 heterocycles. The van der Waals surface area contributed by atoms with E-state index in [9.17, 15) is 4.39 Å². The number of aromatic nitrogens is 6. The number of hydrogen-bond donors (Lipinski definition) is 1. The van der Waals surface area contributed by atoms with Crippen LogP contribution < -0.4 is 4.74 Å². The first-order valence-electron chi connectivity index (χ1n) is 8.81. The molecule has 0 saturated carbocycles. The Labute approximate surface area is 154 Å². The first-order valence-corrected chi connectivity index (χ1v) is 8.81. The van der Waals surface area contributed by atoms with Gasteiger partial charge in [0, 0.05) is 23.6 Å². The van der Waals surface area contributed by atoms with Crippen molar-refractivity contribution in [1.82, 2.24) is 29.9 Å². The zero-order valence-electron chi connectivity index (χ0n) is 14.8. The monoisotopic (exact) mass is 364 g/mol. The van der Waals surface area contributed by atoms with Gasteiger partial charge in [-0.05, 0) is 32.0 Å². The number of halogens is 1. The van der Waals surface area contributed by atoms with E-state index in [2.05, 4.69) is 27.1 Å². The molecule has 4 aromatic heterocycles. The minimum Gasteiger partial charge on any atom is -0.474 e. The van der Waals surface area contributed by atoms with Crippen LogP contribution in [0.25, 0.3) is 33.5 Å². The van der Waals surface area contributed by atoms with Crippen LogP contribution in [0, 0.1) is 5.82 Å². The van der Waals surface area contributed by atoms with Crippen LogP contribution in [0.1, 0.15) is 26.3 Å². The Bertz CT molecular complexity index is 1130. The topological polar surface area (TPSA) is 81.5 Å². The largest absolute Gasteiger partial charge is 0.474 e. The van der Waals surface area contributed by atoms with Gasteiger partial charge in [-0.25, -0.2) is 14.1 Å². The number of ether oxygens (including phenoxy) is 1. The molecule has 0 fully saturated rings. The molecule has 1 aliphatic heterocycles. The number of H-pyrrole nitrogens is 1. The van der Waals surface area contributed by atoms with E-state index in [0.29, 0.717) is 22.9 Å². The zero-order valence-corrected chi connectivity index (χ0v) is 14.8. The molecule has 5 rings (SSSR count). The fourth-order valence-electron chi connectivity index (χ4n) is 3.66. The summed E-state index contributed by atoms with van der Waals surface area (Å²) < 4.78 is 21.5. The van der Waals surface area contributed by atoms with E-state index in [0.717, 1.165) is 22.9 Å². The lowest BCUT2D eigenvalue weighted by atomic mass is 10.0. The van der Waals surface area contributed by atoms with E-state index in [1.807, 2.05) is 17.7 Å². The predicted molar refractivity (Wildman–Crippen MR) is 97.7 cm³/mol. The van der Waals surface area contributed by atoms with Crippen LogP contribution in [-0.4, -0.2) is 36.0 Å². The summed E-state index contributed by atoms with van der Waals surface area (Å²) in [6.45, 7) is 4.16. The van der Waals surface area contributed by atoms with Gasteiger partial charge in [-0.15, -0.1) is 0 Å². The van der Waals surface area contributed by atoms with Crippen molar-refractivity contribution in [2.45, 2.75) is 32.4 Å². The van der Waals surface area contributed by atoms with Crippen molar-refractivity contribution in [3.63, 3.8) is 0 Å². The molecular weight excluding hydrogens is 347 g/mol. The highest BCUT2D eigenvalue weighted by Crippen LogP contribution is 2.44. The van der Waals surface area contributed by atoms with Gasteiger partial charge in [0.25, 0.3) is 0 Å². The summed E-state index contributed by atoms with van der Waals surface area (Å²) >= 11 is 0. The minimum atomic E-state index is -0.386. The summed E-state index contributed by atoms with van der Waals surface area (Å²) in [4.78, 5) is 8.56. The number of rotatable bonds is 2. The van der Waals surface area contributed by atoms with Crippen LogP contribution >= 0.6 is 0 Å². The first-order chi connectivity index (χ1) is 13.1. The third-order valence-electron chi connectivity index (χ3n) is 4.86. The molecule has 0 aliphatic carbocycles. The van der Waals surface area contributed by atoms with E-state index >= 15 is 0 Å². The van der Waals surface area contributed by atoms with Crippen molar-refractivity contribution in [3.05, 3.63) is 42.6 Å². The molecule has 0 saturated heterocycles. The standard InChI is InChI=1S/C19H17FN6O/c1-10-7-11(2)27-19-16(13-5-6-21-18-14(13)9-23-24-18)17(25-26(10)19)15-4-3-12(20)8-22-15/h3-6,8-11H,7H2,1-2H3,(H,21,23,24). The summed E-state index contributed by atoms with van der Waals surface area (Å²) in [5, 5.41) is 12.7. The summed E-state index contributed by atoms with van der Waals surface area (Å²) in [7, 11) is 0. The SMILES string of the molecule is CC1CC(C)n2nc(-c3ccc(F)cn3)c(-c3ccnc4[nH]ncc34)c2O1. The van der Waals surface area contributed by atoms with Crippen LogP contribution in [0.5, 0.6) is 5.88 Å². The van der Waals surface area contributed by atoms with Crippen molar-refractivity contribution < 1.29 is 9.13 Å². The van der Waals surface area contributed by atoms with Gasteiger partial charge in [0.1, 0.15) is 11.5 Å². The molecule has 0 radical (unpaired) electrons. The highest BCUT2D eigenvalue weighted by atomic mass is 19.1. The molecule has 1 aliphatic rings. The fraction of sp³-hybridized carbons (Fsp3) is 0.263. The molecule has 2 atom stereocenters. The molecular formula is C19H17FN6O. The lowest BCUT2D eigenvalue weighted by Gasteiger charge is -2.27. The minimum absolute atomic E-state index is 0.0682. The maximum absolute atomic E-state index is 13.4. The number of pyridine rings is 2. The number of nitrogens with zero attached hydrogens (tertiary/aromatic N) is 5. The quantitative estimate of drug-likeness (QED) is 0.586. The van der Waals surface area contributed by atoms with Crippen LogP contribution in [0.4, 0.5) is 4.39 Å². The van der Waals surface area contributed by atoms with Gasteiger partial charge in [0.2, 0.25) is 5.88 Å². The van der Waals surface area contributed by atoms with Crippen LogP contribution in [-0.2, 0) is 0 Å². The van der Waals surface area contributed by atoms with Gasteiger partial charge in [-0.1, -0.05) is 0 Å². The van der Waals surface area contributed by atoms with Gasteiger partial charge in [-0.2, -0.15) is 10.2 Å². The average Bonchev–Trinajstić information content (AvgIpc) is 3.27. The van der Waals surface area contributed by atoms with Crippen molar-refractivity contribution in [2.75, 3.05) is 0 Å². The van der Waals surface area contributed by atoms with E-state index in [1.165, 1.54) is 12.3 Å². The van der Waals surface area contributed by atoms with Crippen molar-refractivity contribution in [3.8, 4) is 28.4 Å². The Morgan fingerprint density at radius 1 is 1.19 bits per heavy atom. The Balaban J connectivity index is 1.83. The van der Waals surface area contributed by atoms with Gasteiger partial charge in [0.15, 0.2) is 5.65 Å². The maximum Gasteiger partial charge on any atom is 0.221 e. The average molecular weight is 364 g/mol. The maximum atomic E-state index is 13.4. The summed E-state index contributed by atoms with van der Waals surface area (Å²) in [6, 6.07) is 5.11. The molecule has 2 unspecified atom stereocenters. The number of aromatic amines is 1. The molecule has 8 heteroatoms. The fourth-order valence-corrected chi connectivity index (χ4v) is 3.66. The Morgan fingerprint density at radius 3 is 2.89 bits per heavy atom. The molecule has 4 aromatic rings. The lowest BCUT2D eigenvalue weighted by molar-refractivity contribution is 0.127. The van der Waals surface area contributed by atoms with E-state index < -0.39 is 0 Å². The van der Waals surface area contributed by atoms with Crippen LogP contribution in [0.15, 0.2) is 36.8 Å². The highest BCUT2D eigenvalue weighted by Gasteiger charge is 2.31. The van der Waals surface area contributed by atoms with Gasteiger partial charge in [-0.3, -0.25) is 10.1 Å². The van der Waals surface area contributed by atoms with Crippen LogP contribution in [0.3, 0.4) is 0 Å². The Hall–Kier alpha value is -3.29. The summed E-state index contributed by atoms with van der Waals surface area (Å²) in [6.07, 6.45) is 5.59. The second-order valence-electron chi connectivity index (χ2n) is 6.84. The Kier molecular flexibility index (Phi) is 3.46. The first kappa shape index (κ1) is 15.9. The zero-order chi connectivity index (χ0) is 18.5. The third-order valence-corrected chi connectivity index (χ3v) is 4.86. The Morgan fingerprint density at radius 2 is 2.07 bits per heavy atom. The molecule has 0 aromatic carbocycles. The highest BCUT2D eigenvalue weighted by molar-refractivity contribution is 5.98. The molecule has 0 amide bonds. The van der Waals surface area contributed by atoms with Gasteiger partial charge in [0.05, 0.1) is 35.8 Å². The number of hydrogen-bond acceptors (Lipinski definition) is 5. The molecule has 7 nitrogen and oxygen atoms in total. The summed E-state index contributed by atoms with van der Waals surface area (Å²) in [5.74, 6) is 0.305. The number of nitrogens with one attached hydrogen (secondary N) is 1. The normalized spacial score (nSPS) is 19.1. The molecule has 27 heavy (non-hydrogen) atoms.